The molecule has 3 rings (SSSR count). The summed E-state index contributed by atoms with van der Waals surface area (Å²) in [6, 6.07) is 15.3. The quantitative estimate of drug-likeness (QED) is 0.548. The topological polar surface area (TPSA) is 105 Å². The molecule has 1 atom stereocenters. The summed E-state index contributed by atoms with van der Waals surface area (Å²) in [4.78, 5) is 36.2. The SMILES string of the molecule is CCC[C@@H](NC(=O)OCC1c2ccccc2-c2ccccc21)C(=O)NC(C)(C)CC(=O)O. The third-order valence-electron chi connectivity index (χ3n) is 5.58. The van der Waals surface area contributed by atoms with Crippen molar-refractivity contribution in [3.63, 3.8) is 0 Å². The van der Waals surface area contributed by atoms with Crippen LogP contribution in [0.3, 0.4) is 0 Å². The third-order valence-corrected chi connectivity index (χ3v) is 5.58. The largest absolute Gasteiger partial charge is 0.481 e. The molecule has 0 saturated carbocycles. The van der Waals surface area contributed by atoms with Crippen LogP contribution in [-0.4, -0.2) is 41.3 Å². The Balaban J connectivity index is 1.64. The van der Waals surface area contributed by atoms with Gasteiger partial charge in [0.1, 0.15) is 12.6 Å². The number of ether oxygens (including phenoxy) is 1. The van der Waals surface area contributed by atoms with Crippen LogP contribution >= 0.6 is 0 Å². The van der Waals surface area contributed by atoms with E-state index in [1.165, 1.54) is 0 Å². The zero-order valence-electron chi connectivity index (χ0n) is 18.7. The Kier molecular flexibility index (Phi) is 7.18. The number of benzene rings is 2. The molecule has 0 radical (unpaired) electrons. The average molecular weight is 439 g/mol. The number of carbonyl (C=O) groups excluding carboxylic acids is 2. The molecule has 0 saturated heterocycles. The van der Waals surface area contributed by atoms with Gasteiger partial charge in [-0.25, -0.2) is 4.79 Å². The molecule has 7 nitrogen and oxygen atoms in total. The summed E-state index contributed by atoms with van der Waals surface area (Å²) < 4.78 is 5.54. The summed E-state index contributed by atoms with van der Waals surface area (Å²) in [6.07, 6.45) is 0.194. The van der Waals surface area contributed by atoms with E-state index >= 15 is 0 Å². The van der Waals surface area contributed by atoms with Crippen molar-refractivity contribution in [2.75, 3.05) is 6.61 Å². The van der Waals surface area contributed by atoms with Gasteiger partial charge in [0.2, 0.25) is 5.91 Å². The molecule has 1 aliphatic rings. The van der Waals surface area contributed by atoms with E-state index in [0.29, 0.717) is 12.8 Å². The number of carboxylic acid groups (broad SMARTS) is 1. The van der Waals surface area contributed by atoms with E-state index in [4.69, 9.17) is 9.84 Å². The molecule has 1 aliphatic carbocycles. The van der Waals surface area contributed by atoms with Gasteiger partial charge in [-0.15, -0.1) is 0 Å². The first kappa shape index (κ1) is 23.3. The summed E-state index contributed by atoms with van der Waals surface area (Å²) in [5.41, 5.74) is 3.57. The van der Waals surface area contributed by atoms with Gasteiger partial charge >= 0.3 is 12.1 Å². The van der Waals surface area contributed by atoms with Crippen LogP contribution in [0.25, 0.3) is 11.1 Å². The molecule has 0 fully saturated rings. The first-order valence-corrected chi connectivity index (χ1v) is 10.9. The third kappa shape index (κ3) is 5.46. The van der Waals surface area contributed by atoms with Crippen molar-refractivity contribution in [3.05, 3.63) is 59.7 Å². The molecule has 3 N–H and O–H groups in total. The van der Waals surface area contributed by atoms with Crippen LogP contribution in [0.2, 0.25) is 0 Å². The molecule has 0 bridgehead atoms. The maximum atomic E-state index is 12.7. The van der Waals surface area contributed by atoms with Crippen molar-refractivity contribution in [1.29, 1.82) is 0 Å². The Hall–Kier alpha value is -3.35. The lowest BCUT2D eigenvalue weighted by Crippen LogP contribution is -2.54. The van der Waals surface area contributed by atoms with E-state index in [2.05, 4.69) is 22.8 Å². The Morgan fingerprint density at radius 1 is 1.03 bits per heavy atom. The van der Waals surface area contributed by atoms with Crippen molar-refractivity contribution in [3.8, 4) is 11.1 Å². The van der Waals surface area contributed by atoms with Gasteiger partial charge in [-0.2, -0.15) is 0 Å². The van der Waals surface area contributed by atoms with Gasteiger partial charge < -0.3 is 20.5 Å². The first-order chi connectivity index (χ1) is 15.2. The van der Waals surface area contributed by atoms with Crippen LogP contribution in [0, 0.1) is 0 Å². The Bertz CT molecular complexity index is 956. The molecule has 170 valence electrons. The highest BCUT2D eigenvalue weighted by Gasteiger charge is 2.31. The van der Waals surface area contributed by atoms with E-state index < -0.39 is 29.6 Å². The molecule has 0 spiro atoms. The number of aliphatic carboxylic acids is 1. The minimum absolute atomic E-state index is 0.0684. The molecule has 2 aromatic rings. The fourth-order valence-corrected chi connectivity index (χ4v) is 4.18. The average Bonchev–Trinajstić information content (AvgIpc) is 3.04. The highest BCUT2D eigenvalue weighted by atomic mass is 16.5. The van der Waals surface area contributed by atoms with Crippen molar-refractivity contribution < 1.29 is 24.2 Å². The molecular formula is C25H30N2O5. The Labute approximate surface area is 188 Å². The van der Waals surface area contributed by atoms with Crippen molar-refractivity contribution in [1.82, 2.24) is 10.6 Å². The Morgan fingerprint density at radius 3 is 2.12 bits per heavy atom. The molecule has 0 heterocycles. The van der Waals surface area contributed by atoms with Gasteiger partial charge in [0.15, 0.2) is 0 Å². The number of hydrogen-bond donors (Lipinski definition) is 3. The van der Waals surface area contributed by atoms with E-state index in [0.717, 1.165) is 22.3 Å². The maximum Gasteiger partial charge on any atom is 0.407 e. The second-order valence-corrected chi connectivity index (χ2v) is 8.75. The van der Waals surface area contributed by atoms with E-state index in [-0.39, 0.29) is 18.9 Å². The second kappa shape index (κ2) is 9.85. The van der Waals surface area contributed by atoms with E-state index in [1.807, 2.05) is 43.3 Å². The number of amides is 2. The molecule has 7 heteroatoms. The van der Waals surface area contributed by atoms with Crippen LogP contribution in [0.1, 0.15) is 57.1 Å². The van der Waals surface area contributed by atoms with Gasteiger partial charge in [0.05, 0.1) is 6.42 Å². The smallest absolute Gasteiger partial charge is 0.407 e. The van der Waals surface area contributed by atoms with Crippen molar-refractivity contribution in [2.24, 2.45) is 0 Å². The minimum atomic E-state index is -1.01. The van der Waals surface area contributed by atoms with Crippen LogP contribution < -0.4 is 10.6 Å². The summed E-state index contributed by atoms with van der Waals surface area (Å²) in [6.45, 7) is 5.33. The number of carboxylic acids is 1. The molecule has 2 amide bonds. The standard InChI is InChI=1S/C25H30N2O5/c1-4-9-21(23(30)27-25(2,3)14-22(28)29)26-24(31)32-15-20-18-12-7-5-10-16(18)17-11-6-8-13-19(17)20/h5-8,10-13,20-21H,4,9,14-15H2,1-3H3,(H,26,31)(H,27,30)(H,28,29)/t21-/m1/s1. The van der Waals surface area contributed by atoms with Crippen molar-refractivity contribution >= 4 is 18.0 Å². The van der Waals surface area contributed by atoms with Crippen LogP contribution in [0.15, 0.2) is 48.5 Å². The van der Waals surface area contributed by atoms with Crippen LogP contribution in [-0.2, 0) is 14.3 Å². The molecule has 2 aromatic carbocycles. The lowest BCUT2D eigenvalue weighted by atomic mass is 9.98. The number of rotatable bonds is 9. The van der Waals surface area contributed by atoms with Crippen LogP contribution in [0.5, 0.6) is 0 Å². The fraction of sp³-hybridized carbons (Fsp3) is 0.400. The molecule has 0 aliphatic heterocycles. The number of alkyl carbamates (subject to hydrolysis) is 1. The van der Waals surface area contributed by atoms with E-state index in [9.17, 15) is 14.4 Å². The lowest BCUT2D eigenvalue weighted by Gasteiger charge is -2.27. The zero-order chi connectivity index (χ0) is 23.3. The Morgan fingerprint density at radius 2 is 1.59 bits per heavy atom. The number of carbonyl (C=O) groups is 3. The molecule has 32 heavy (non-hydrogen) atoms. The summed E-state index contributed by atoms with van der Waals surface area (Å²) in [5.74, 6) is -1.50. The normalized spacial score (nSPS) is 13.6. The highest BCUT2D eigenvalue weighted by molar-refractivity contribution is 5.86. The molecular weight excluding hydrogens is 408 g/mol. The predicted molar refractivity (Wildman–Crippen MR) is 121 cm³/mol. The van der Waals surface area contributed by atoms with E-state index in [1.54, 1.807) is 13.8 Å². The number of hydrogen-bond acceptors (Lipinski definition) is 4. The molecule has 0 aromatic heterocycles. The van der Waals surface area contributed by atoms with Gasteiger partial charge in [-0.05, 0) is 42.5 Å². The monoisotopic (exact) mass is 438 g/mol. The van der Waals surface area contributed by atoms with Gasteiger partial charge in [-0.1, -0.05) is 61.9 Å². The predicted octanol–water partition coefficient (Wildman–Crippen LogP) is 4.06. The lowest BCUT2D eigenvalue weighted by molar-refractivity contribution is -0.138. The van der Waals surface area contributed by atoms with Crippen molar-refractivity contribution in [2.45, 2.75) is 57.5 Å². The number of nitrogens with one attached hydrogen (secondary N) is 2. The molecule has 0 unspecified atom stereocenters. The van der Waals surface area contributed by atoms with Gasteiger partial charge in [-0.3, -0.25) is 9.59 Å². The van der Waals surface area contributed by atoms with Gasteiger partial charge in [0, 0.05) is 11.5 Å². The zero-order valence-corrected chi connectivity index (χ0v) is 18.7. The van der Waals surface area contributed by atoms with Gasteiger partial charge in [0.25, 0.3) is 0 Å². The maximum absolute atomic E-state index is 12.7. The summed E-state index contributed by atoms with van der Waals surface area (Å²) >= 11 is 0. The van der Waals surface area contributed by atoms with Crippen LogP contribution in [0.4, 0.5) is 4.79 Å². The summed E-state index contributed by atoms with van der Waals surface area (Å²) in [7, 11) is 0. The fourth-order valence-electron chi connectivity index (χ4n) is 4.18. The second-order valence-electron chi connectivity index (χ2n) is 8.75. The number of fused-ring (bicyclic) bond motifs is 3. The minimum Gasteiger partial charge on any atom is -0.481 e. The summed E-state index contributed by atoms with van der Waals surface area (Å²) in [5, 5.41) is 14.4. The highest BCUT2D eigenvalue weighted by Crippen LogP contribution is 2.44. The first-order valence-electron chi connectivity index (χ1n) is 10.9.